The van der Waals surface area contributed by atoms with Gasteiger partial charge >= 0.3 is 0 Å². The highest BCUT2D eigenvalue weighted by Gasteiger charge is 2.18. The Hall–Kier alpha value is -1.34. The first-order valence-corrected chi connectivity index (χ1v) is 7.08. The molecule has 1 heteroatoms. The van der Waals surface area contributed by atoms with E-state index in [1.54, 1.807) is 0 Å². The summed E-state index contributed by atoms with van der Waals surface area (Å²) in [6.45, 7) is 2.29. The molecule has 1 unspecified atom stereocenters. The van der Waals surface area contributed by atoms with Crippen LogP contribution in [0, 0.1) is 0 Å². The second-order valence-corrected chi connectivity index (χ2v) is 5.44. The quantitative estimate of drug-likeness (QED) is 0.835. The Morgan fingerprint density at radius 3 is 2.56 bits per heavy atom. The van der Waals surface area contributed by atoms with Gasteiger partial charge in [0.05, 0.1) is 0 Å². The van der Waals surface area contributed by atoms with E-state index >= 15 is 0 Å². The zero-order valence-corrected chi connectivity index (χ0v) is 11.0. The van der Waals surface area contributed by atoms with Crippen LogP contribution in [0.1, 0.15) is 44.2 Å². The number of hydrogen-bond donors (Lipinski definition) is 1. The summed E-state index contributed by atoms with van der Waals surface area (Å²) < 4.78 is 0. The Morgan fingerprint density at radius 1 is 1.00 bits per heavy atom. The fourth-order valence-electron chi connectivity index (χ4n) is 3.16. The van der Waals surface area contributed by atoms with Crippen LogP contribution < -0.4 is 5.32 Å². The topological polar surface area (TPSA) is 12.0 Å². The van der Waals surface area contributed by atoms with Crippen molar-refractivity contribution in [3.63, 3.8) is 0 Å². The normalized spacial score (nSPS) is 18.3. The number of hydrogen-bond acceptors (Lipinski definition) is 1. The fourth-order valence-corrected chi connectivity index (χ4v) is 3.16. The van der Waals surface area contributed by atoms with Crippen LogP contribution in [0.4, 0.5) is 0 Å². The van der Waals surface area contributed by atoms with Crippen molar-refractivity contribution in [1.29, 1.82) is 0 Å². The predicted molar refractivity (Wildman–Crippen MR) is 77.8 cm³/mol. The van der Waals surface area contributed by atoms with Gasteiger partial charge in [0.25, 0.3) is 0 Å². The zero-order valence-electron chi connectivity index (χ0n) is 11.0. The Balaban J connectivity index is 1.88. The molecule has 1 N–H and O–H groups in total. The molecule has 94 valence electrons. The highest BCUT2D eigenvalue weighted by atomic mass is 14.9. The first-order chi connectivity index (χ1) is 8.84. The Kier molecular flexibility index (Phi) is 3.33. The molecule has 1 fully saturated rings. The van der Waals surface area contributed by atoms with Gasteiger partial charge in [0.15, 0.2) is 0 Å². The van der Waals surface area contributed by atoms with Gasteiger partial charge in [-0.25, -0.2) is 0 Å². The minimum atomic E-state index is 0.444. The highest BCUT2D eigenvalue weighted by molar-refractivity contribution is 5.86. The molecule has 2 aromatic carbocycles. The molecule has 2 aromatic rings. The number of rotatable bonds is 3. The first-order valence-electron chi connectivity index (χ1n) is 7.08. The molecule has 0 bridgehead atoms. The van der Waals surface area contributed by atoms with E-state index in [0.29, 0.717) is 6.04 Å². The van der Waals surface area contributed by atoms with Crippen molar-refractivity contribution < 1.29 is 0 Å². The molecule has 0 amide bonds. The molecule has 0 saturated heterocycles. The van der Waals surface area contributed by atoms with Gasteiger partial charge in [-0.3, -0.25) is 0 Å². The zero-order chi connectivity index (χ0) is 12.4. The second kappa shape index (κ2) is 5.11. The summed E-state index contributed by atoms with van der Waals surface area (Å²) in [7, 11) is 0. The maximum absolute atomic E-state index is 3.79. The van der Waals surface area contributed by atoms with Crippen molar-refractivity contribution in [1.82, 2.24) is 5.32 Å². The van der Waals surface area contributed by atoms with Crippen LogP contribution in [0.3, 0.4) is 0 Å². The van der Waals surface area contributed by atoms with Gasteiger partial charge in [-0.15, -0.1) is 0 Å². The largest absolute Gasteiger partial charge is 0.307 e. The van der Waals surface area contributed by atoms with E-state index in [1.807, 2.05) is 0 Å². The number of nitrogens with one attached hydrogen (secondary N) is 1. The lowest BCUT2D eigenvalue weighted by Gasteiger charge is -2.21. The third kappa shape index (κ3) is 2.28. The third-order valence-electron chi connectivity index (χ3n) is 4.13. The Labute approximate surface area is 109 Å². The van der Waals surface area contributed by atoms with Gasteiger partial charge in [-0.2, -0.15) is 0 Å². The van der Waals surface area contributed by atoms with Crippen molar-refractivity contribution in [3.8, 4) is 0 Å². The van der Waals surface area contributed by atoms with E-state index in [0.717, 1.165) is 6.04 Å². The molecule has 18 heavy (non-hydrogen) atoms. The average molecular weight is 239 g/mol. The van der Waals surface area contributed by atoms with E-state index in [9.17, 15) is 0 Å². The summed E-state index contributed by atoms with van der Waals surface area (Å²) in [5.74, 6) is 0. The lowest BCUT2D eigenvalue weighted by Crippen LogP contribution is -2.28. The molecule has 1 saturated carbocycles. The molecule has 1 aliphatic rings. The second-order valence-electron chi connectivity index (χ2n) is 5.44. The van der Waals surface area contributed by atoms with Crippen LogP contribution in [0.5, 0.6) is 0 Å². The Bertz CT molecular complexity index is 521. The molecule has 0 aromatic heterocycles. The highest BCUT2D eigenvalue weighted by Crippen LogP contribution is 2.26. The van der Waals surface area contributed by atoms with Crippen LogP contribution in [-0.2, 0) is 0 Å². The van der Waals surface area contributed by atoms with Gasteiger partial charge in [-0.1, -0.05) is 55.3 Å². The van der Waals surface area contributed by atoms with Gasteiger partial charge < -0.3 is 5.32 Å². The van der Waals surface area contributed by atoms with E-state index in [-0.39, 0.29) is 0 Å². The standard InChI is InChI=1S/C17H21N/c1-13(18-15-9-3-4-10-15)16-12-6-8-14-7-2-5-11-17(14)16/h2,5-8,11-13,15,18H,3-4,9-10H2,1H3. The van der Waals surface area contributed by atoms with Crippen LogP contribution >= 0.6 is 0 Å². The number of fused-ring (bicyclic) bond motifs is 1. The maximum atomic E-state index is 3.79. The van der Waals surface area contributed by atoms with Crippen molar-refractivity contribution in [2.45, 2.75) is 44.7 Å². The summed E-state index contributed by atoms with van der Waals surface area (Å²) >= 11 is 0. The van der Waals surface area contributed by atoms with Crippen molar-refractivity contribution in [3.05, 3.63) is 48.0 Å². The molecule has 0 radical (unpaired) electrons. The van der Waals surface area contributed by atoms with Gasteiger partial charge in [-0.05, 0) is 36.1 Å². The predicted octanol–water partition coefficient (Wildman–Crippen LogP) is 4.43. The molecule has 3 rings (SSSR count). The van der Waals surface area contributed by atoms with Gasteiger partial charge in [0.2, 0.25) is 0 Å². The lowest BCUT2D eigenvalue weighted by atomic mass is 9.99. The minimum Gasteiger partial charge on any atom is -0.307 e. The van der Waals surface area contributed by atoms with Gasteiger partial charge in [0.1, 0.15) is 0 Å². The van der Waals surface area contributed by atoms with Crippen molar-refractivity contribution in [2.24, 2.45) is 0 Å². The summed E-state index contributed by atoms with van der Waals surface area (Å²) in [5.41, 5.74) is 1.43. The third-order valence-corrected chi connectivity index (χ3v) is 4.13. The smallest absolute Gasteiger partial charge is 0.0300 e. The average Bonchev–Trinajstić information content (AvgIpc) is 2.91. The minimum absolute atomic E-state index is 0.444. The van der Waals surface area contributed by atoms with Crippen LogP contribution in [0.2, 0.25) is 0 Å². The molecule has 1 aliphatic carbocycles. The molecule has 1 atom stereocenters. The van der Waals surface area contributed by atoms with Gasteiger partial charge in [0, 0.05) is 12.1 Å². The maximum Gasteiger partial charge on any atom is 0.0300 e. The Morgan fingerprint density at radius 2 is 1.72 bits per heavy atom. The summed E-state index contributed by atoms with van der Waals surface area (Å²) in [6.07, 6.45) is 5.46. The SMILES string of the molecule is CC(NC1CCCC1)c1cccc2ccccc12. The number of benzene rings is 2. The monoisotopic (exact) mass is 239 g/mol. The molecule has 1 nitrogen and oxygen atoms in total. The summed E-state index contributed by atoms with van der Waals surface area (Å²) in [5, 5.41) is 6.52. The van der Waals surface area contributed by atoms with E-state index in [4.69, 9.17) is 0 Å². The molecule has 0 heterocycles. The van der Waals surface area contributed by atoms with Crippen LogP contribution in [-0.4, -0.2) is 6.04 Å². The van der Waals surface area contributed by atoms with E-state index < -0.39 is 0 Å². The lowest BCUT2D eigenvalue weighted by molar-refractivity contribution is 0.463. The molecular weight excluding hydrogens is 218 g/mol. The summed E-state index contributed by atoms with van der Waals surface area (Å²) in [4.78, 5) is 0. The van der Waals surface area contributed by atoms with Crippen LogP contribution in [0.15, 0.2) is 42.5 Å². The van der Waals surface area contributed by atoms with Crippen molar-refractivity contribution >= 4 is 10.8 Å². The molecule has 0 spiro atoms. The fraction of sp³-hybridized carbons (Fsp3) is 0.412. The van der Waals surface area contributed by atoms with E-state index in [1.165, 1.54) is 42.0 Å². The first kappa shape index (κ1) is 11.7. The van der Waals surface area contributed by atoms with Crippen LogP contribution in [0.25, 0.3) is 10.8 Å². The molecular formula is C17H21N. The van der Waals surface area contributed by atoms with E-state index in [2.05, 4.69) is 54.7 Å². The van der Waals surface area contributed by atoms with Crippen molar-refractivity contribution in [2.75, 3.05) is 0 Å². The summed E-state index contributed by atoms with van der Waals surface area (Å²) in [6, 6.07) is 16.5. The molecule has 0 aliphatic heterocycles.